The summed E-state index contributed by atoms with van der Waals surface area (Å²) >= 11 is 0. The molecule has 0 radical (unpaired) electrons. The Kier molecular flexibility index (Phi) is 31.3. The highest BCUT2D eigenvalue weighted by Crippen LogP contribution is 2.20. The lowest BCUT2D eigenvalue weighted by Gasteiger charge is -2.28. The van der Waals surface area contributed by atoms with Crippen molar-refractivity contribution in [3.05, 3.63) is 36.0 Å². The molecule has 36 nitrogen and oxygen atoms in total. The number of aliphatic hydroxyl groups excluding tert-OH is 2. The summed E-state index contributed by atoms with van der Waals surface area (Å²) < 4.78 is 0. The minimum atomic E-state index is -2.13. The summed E-state index contributed by atoms with van der Waals surface area (Å²) in [7, 11) is 0. The standard InChI is InChI=1S/C52H83N19O17/c1-23(2)17-35(50(87)88)69-43(80)30(12-8-16-61-52(58)59)65-49(86)40(25(4)73)71-47(84)34(20-39(76)77)68-44(81)31(13-14-37(54)74)64-45(82)32(18-26-21-62-28-10-6-5-9-27(26)28)67-42(79)29(11-7-15-60-51(56)57)63-48(85)36(22-72)70-46(83)33(19-38(55)75)66-41(78)24(3)53/h5-6,9-10,21,23-25,29-36,40,62,72-73H,7-8,11-20,22,53H2,1-4H3,(H2,54,74)(H2,55,75)(H,63,85)(H,64,82)(H,65,86)(H,66,78)(H,67,79)(H,68,81)(H,69,80)(H,70,83)(H,71,84)(H,76,77)(H,87,88)(H4,56,57,60)(H4,58,59,61)/t24-,25+,29-,30-,31-,32-,33-,34-,35-,36-,40-/m0/s1. The molecule has 1 aromatic carbocycles. The van der Waals surface area contributed by atoms with Crippen LogP contribution in [0.15, 0.2) is 40.4 Å². The molecule has 88 heavy (non-hydrogen) atoms. The van der Waals surface area contributed by atoms with E-state index in [0.717, 1.165) is 6.92 Å². The molecular weight excluding hydrogens is 1160 g/mol. The lowest BCUT2D eigenvalue weighted by atomic mass is 10.0. The van der Waals surface area contributed by atoms with E-state index in [2.05, 4.69) is 62.8 Å². The quantitative estimate of drug-likeness (QED) is 0.0167. The number of guanidine groups is 2. The van der Waals surface area contributed by atoms with Crippen LogP contribution in [0, 0.1) is 5.92 Å². The minimum absolute atomic E-state index is 0.0110. The lowest BCUT2D eigenvalue weighted by molar-refractivity contribution is -0.143. The van der Waals surface area contributed by atoms with Gasteiger partial charge in [-0.15, -0.1) is 0 Å². The van der Waals surface area contributed by atoms with Crippen LogP contribution < -0.4 is 88.0 Å². The van der Waals surface area contributed by atoms with Crippen molar-refractivity contribution >= 4 is 99.7 Å². The van der Waals surface area contributed by atoms with E-state index in [1.807, 2.05) is 0 Å². The Labute approximate surface area is 504 Å². The topological polar surface area (TPSA) is 634 Å². The van der Waals surface area contributed by atoms with Crippen LogP contribution in [0.25, 0.3) is 10.9 Å². The molecule has 488 valence electrons. The Morgan fingerprint density at radius 2 is 0.955 bits per heavy atom. The molecule has 0 saturated carbocycles. The van der Waals surface area contributed by atoms with Gasteiger partial charge in [0.15, 0.2) is 11.9 Å². The smallest absolute Gasteiger partial charge is 0.326 e. The third-order valence-corrected chi connectivity index (χ3v) is 12.9. The van der Waals surface area contributed by atoms with Gasteiger partial charge in [0.05, 0.1) is 31.6 Å². The van der Waals surface area contributed by atoms with Crippen LogP contribution in [-0.4, -0.2) is 200 Å². The van der Waals surface area contributed by atoms with Crippen molar-refractivity contribution in [3.8, 4) is 0 Å². The Morgan fingerprint density at radius 1 is 0.523 bits per heavy atom. The number of hydrogen-bond acceptors (Lipinski definition) is 18. The number of hydrogen-bond donors (Lipinski definition) is 21. The fourth-order valence-corrected chi connectivity index (χ4v) is 8.37. The van der Waals surface area contributed by atoms with E-state index < -0.39 is 176 Å². The first-order valence-electron chi connectivity index (χ1n) is 27.7. The van der Waals surface area contributed by atoms with Gasteiger partial charge in [-0.3, -0.25) is 67.5 Å². The summed E-state index contributed by atoms with van der Waals surface area (Å²) in [5.41, 5.74) is 39.0. The van der Waals surface area contributed by atoms with Crippen molar-refractivity contribution in [2.75, 3.05) is 19.7 Å². The Balaban J connectivity index is 2.61. The number of amides is 11. The van der Waals surface area contributed by atoms with Gasteiger partial charge < -0.3 is 113 Å². The van der Waals surface area contributed by atoms with Crippen LogP contribution in [0.1, 0.15) is 91.0 Å². The zero-order valence-corrected chi connectivity index (χ0v) is 49.0. The average molecular weight is 1250 g/mol. The fraction of sp³-hybridized carbons (Fsp3) is 0.558. The van der Waals surface area contributed by atoms with E-state index in [1.54, 1.807) is 38.1 Å². The second kappa shape index (κ2) is 37.0. The third kappa shape index (κ3) is 26.7. The second-order valence-electron chi connectivity index (χ2n) is 20.9. The minimum Gasteiger partial charge on any atom is -0.481 e. The summed E-state index contributed by atoms with van der Waals surface area (Å²) in [5, 5.41) is 62.0. The van der Waals surface area contributed by atoms with Crippen molar-refractivity contribution in [2.45, 2.75) is 158 Å². The van der Waals surface area contributed by atoms with Gasteiger partial charge in [0.1, 0.15) is 54.4 Å². The van der Waals surface area contributed by atoms with Crippen molar-refractivity contribution in [1.82, 2.24) is 52.8 Å². The van der Waals surface area contributed by atoms with E-state index in [4.69, 9.17) is 40.1 Å². The highest BCUT2D eigenvalue weighted by molar-refractivity contribution is 6.00. The molecule has 36 heteroatoms. The Morgan fingerprint density at radius 3 is 1.43 bits per heavy atom. The van der Waals surface area contributed by atoms with Gasteiger partial charge in [-0.1, -0.05) is 32.0 Å². The van der Waals surface area contributed by atoms with Gasteiger partial charge in [0.25, 0.3) is 0 Å². The molecule has 28 N–H and O–H groups in total. The first-order chi connectivity index (χ1) is 41.2. The molecule has 0 aliphatic carbocycles. The van der Waals surface area contributed by atoms with E-state index in [9.17, 15) is 82.8 Å². The molecule has 1 heterocycles. The summed E-state index contributed by atoms with van der Waals surface area (Å²) in [6.45, 7) is 4.45. The predicted molar refractivity (Wildman–Crippen MR) is 313 cm³/mol. The number of primary amides is 2. The van der Waals surface area contributed by atoms with Gasteiger partial charge in [0, 0.05) is 43.0 Å². The Bertz CT molecular complexity index is 2850. The van der Waals surface area contributed by atoms with Crippen LogP contribution in [0.3, 0.4) is 0 Å². The monoisotopic (exact) mass is 1250 g/mol. The van der Waals surface area contributed by atoms with Crippen molar-refractivity contribution in [1.29, 1.82) is 0 Å². The zero-order valence-electron chi connectivity index (χ0n) is 49.0. The number of aliphatic carboxylic acids is 2. The molecule has 0 aliphatic rings. The largest absolute Gasteiger partial charge is 0.481 e. The molecule has 0 saturated heterocycles. The van der Waals surface area contributed by atoms with Gasteiger partial charge in [-0.25, -0.2) is 4.79 Å². The number of benzene rings is 1. The third-order valence-electron chi connectivity index (χ3n) is 12.9. The van der Waals surface area contributed by atoms with E-state index in [0.29, 0.717) is 16.5 Å². The molecule has 0 unspecified atom stereocenters. The molecule has 2 aromatic rings. The number of carbonyl (C=O) groups is 13. The zero-order chi connectivity index (χ0) is 66.5. The number of nitrogens with two attached hydrogens (primary N) is 7. The summed E-state index contributed by atoms with van der Waals surface area (Å²) in [6, 6.07) is -10.3. The van der Waals surface area contributed by atoms with Crippen molar-refractivity contribution < 1.29 is 82.8 Å². The van der Waals surface area contributed by atoms with E-state index >= 15 is 0 Å². The first-order valence-corrected chi connectivity index (χ1v) is 27.7. The SMILES string of the molecule is CC(C)C[C@H](NC(=O)[C@H](CCCN=C(N)N)NC(=O)[C@@H](NC(=O)[C@H](CC(=O)O)NC(=O)[C@H](CCC(N)=O)NC(=O)[C@H](Cc1c[nH]c2ccccc12)NC(=O)[C@H](CCCN=C(N)N)NC(=O)[C@H](CO)NC(=O)[C@H](CC(N)=O)NC(=O)[C@H](C)N)[C@@H](C)O)C(=O)O. The number of nitrogens with one attached hydrogen (secondary N) is 10. The highest BCUT2D eigenvalue weighted by Gasteiger charge is 2.38. The number of aliphatic imine (C=N–C) groups is 2. The maximum absolute atomic E-state index is 14.7. The lowest BCUT2D eigenvalue weighted by Crippen LogP contribution is -2.62. The summed E-state index contributed by atoms with van der Waals surface area (Å²) in [5.74, 6) is -16.4. The van der Waals surface area contributed by atoms with Gasteiger partial charge in [-0.05, 0) is 69.9 Å². The number of aromatic nitrogens is 1. The first kappa shape index (κ1) is 74.4. The molecule has 11 atom stereocenters. The number of nitrogens with zero attached hydrogens (tertiary/aromatic N) is 2. The second-order valence-corrected chi connectivity index (χ2v) is 20.9. The molecule has 1 aromatic heterocycles. The van der Waals surface area contributed by atoms with Crippen LogP contribution in [0.5, 0.6) is 0 Å². The number of carboxylic acids is 2. The van der Waals surface area contributed by atoms with Crippen LogP contribution in [0.4, 0.5) is 0 Å². The van der Waals surface area contributed by atoms with Crippen LogP contribution in [-0.2, 0) is 68.7 Å². The number of fused-ring (bicyclic) bond motifs is 1. The van der Waals surface area contributed by atoms with Crippen LogP contribution >= 0.6 is 0 Å². The molecule has 0 fully saturated rings. The van der Waals surface area contributed by atoms with Crippen molar-refractivity contribution in [2.24, 2.45) is 56.0 Å². The maximum Gasteiger partial charge on any atom is 0.326 e. The van der Waals surface area contributed by atoms with Crippen molar-refractivity contribution in [3.63, 3.8) is 0 Å². The predicted octanol–water partition coefficient (Wildman–Crippen LogP) is -8.35. The normalized spacial score (nSPS) is 14.8. The number of carboxylic acid groups (broad SMARTS) is 2. The maximum atomic E-state index is 14.7. The number of carbonyl (C=O) groups excluding carboxylic acids is 11. The summed E-state index contributed by atoms with van der Waals surface area (Å²) in [6.07, 6.45) is -4.42. The molecule has 11 amide bonds. The Hall–Kier alpha value is -9.71. The summed E-state index contributed by atoms with van der Waals surface area (Å²) in [4.78, 5) is 183. The number of aromatic amines is 1. The van der Waals surface area contributed by atoms with Gasteiger partial charge in [-0.2, -0.15) is 0 Å². The average Bonchev–Trinajstić information content (AvgIpc) is 1.93. The van der Waals surface area contributed by atoms with E-state index in [1.165, 1.54) is 13.1 Å². The molecule has 0 aliphatic heterocycles. The molecule has 0 bridgehead atoms. The number of para-hydroxylation sites is 1. The number of aliphatic hydroxyl groups is 2. The molecular formula is C52H83N19O17. The number of rotatable bonds is 40. The van der Waals surface area contributed by atoms with Gasteiger partial charge >= 0.3 is 11.9 Å². The van der Waals surface area contributed by atoms with Gasteiger partial charge in [0.2, 0.25) is 65.0 Å². The highest BCUT2D eigenvalue weighted by atomic mass is 16.4. The van der Waals surface area contributed by atoms with Crippen LogP contribution in [0.2, 0.25) is 0 Å². The molecule has 0 spiro atoms. The number of H-pyrrole nitrogens is 1. The molecule has 2 rings (SSSR count). The van der Waals surface area contributed by atoms with E-state index in [-0.39, 0.29) is 69.5 Å². The fourth-order valence-electron chi connectivity index (χ4n) is 8.37.